The van der Waals surface area contributed by atoms with Gasteiger partial charge >= 0.3 is 0 Å². The molecule has 0 bridgehead atoms. The van der Waals surface area contributed by atoms with E-state index in [2.05, 4.69) is 15.2 Å². The third-order valence-electron chi connectivity index (χ3n) is 4.29. The van der Waals surface area contributed by atoms with Crippen LogP contribution >= 0.6 is 11.3 Å². The average Bonchev–Trinajstić information content (AvgIpc) is 2.90. The Hall–Kier alpha value is -1.51. The number of carbonyl (C=O) groups is 2. The minimum Gasteiger partial charge on any atom is -0.379 e. The van der Waals surface area contributed by atoms with Crippen molar-refractivity contribution in [3.63, 3.8) is 0 Å². The van der Waals surface area contributed by atoms with E-state index in [0.29, 0.717) is 18.1 Å². The molecule has 2 aliphatic rings. The summed E-state index contributed by atoms with van der Waals surface area (Å²) in [6.07, 6.45) is 3.50. The molecule has 7 nitrogen and oxygen atoms in total. The van der Waals surface area contributed by atoms with Crippen molar-refractivity contribution in [1.82, 2.24) is 14.8 Å². The van der Waals surface area contributed by atoms with E-state index in [1.807, 2.05) is 5.38 Å². The number of anilines is 1. The third kappa shape index (κ3) is 4.99. The molecule has 0 spiro atoms. The van der Waals surface area contributed by atoms with Gasteiger partial charge in [-0.1, -0.05) is 6.42 Å². The molecule has 0 aliphatic carbocycles. The highest BCUT2D eigenvalue weighted by Crippen LogP contribution is 2.18. The van der Waals surface area contributed by atoms with Gasteiger partial charge in [0.05, 0.1) is 25.5 Å². The summed E-state index contributed by atoms with van der Waals surface area (Å²) in [5.41, 5.74) is 0.961. The molecular formula is C16H24N4O3S. The Labute approximate surface area is 146 Å². The monoisotopic (exact) mass is 352 g/mol. The number of hydrogen-bond donors (Lipinski definition) is 1. The first-order valence-corrected chi connectivity index (χ1v) is 9.41. The lowest BCUT2D eigenvalue weighted by Crippen LogP contribution is -2.37. The van der Waals surface area contributed by atoms with Crippen LogP contribution in [-0.4, -0.2) is 66.0 Å². The maximum atomic E-state index is 12.2. The summed E-state index contributed by atoms with van der Waals surface area (Å²) < 4.78 is 5.34. The number of carbonyl (C=O) groups excluding carboxylic acids is 2. The van der Waals surface area contributed by atoms with Crippen molar-refractivity contribution in [3.05, 3.63) is 11.1 Å². The predicted octanol–water partition coefficient (Wildman–Crippen LogP) is 1.32. The Bertz CT molecular complexity index is 571. The van der Waals surface area contributed by atoms with Crippen LogP contribution in [0.15, 0.2) is 5.38 Å². The van der Waals surface area contributed by atoms with E-state index >= 15 is 0 Å². The fraction of sp³-hybridized carbons (Fsp3) is 0.688. The minimum atomic E-state index is -0.169. The van der Waals surface area contributed by atoms with Gasteiger partial charge in [0.15, 0.2) is 5.13 Å². The molecular weight excluding hydrogens is 328 g/mol. The van der Waals surface area contributed by atoms with Gasteiger partial charge in [-0.15, -0.1) is 11.3 Å². The molecule has 1 N–H and O–H groups in total. The summed E-state index contributed by atoms with van der Waals surface area (Å²) in [7, 11) is 0. The van der Waals surface area contributed by atoms with Crippen LogP contribution < -0.4 is 5.32 Å². The zero-order chi connectivity index (χ0) is 16.8. The van der Waals surface area contributed by atoms with Crippen molar-refractivity contribution in [2.24, 2.45) is 0 Å². The van der Waals surface area contributed by atoms with Crippen molar-refractivity contribution in [1.29, 1.82) is 0 Å². The summed E-state index contributed by atoms with van der Waals surface area (Å²) in [6.45, 7) is 4.92. The fourth-order valence-electron chi connectivity index (χ4n) is 2.96. The van der Waals surface area contributed by atoms with Gasteiger partial charge in [-0.25, -0.2) is 4.98 Å². The zero-order valence-corrected chi connectivity index (χ0v) is 14.6. The molecule has 0 unspecified atom stereocenters. The molecule has 0 aromatic carbocycles. The van der Waals surface area contributed by atoms with Crippen molar-refractivity contribution in [3.8, 4) is 0 Å². The normalized spacial score (nSPS) is 20.0. The number of thiazole rings is 1. The Balaban J connectivity index is 1.48. The van der Waals surface area contributed by atoms with Crippen molar-refractivity contribution in [2.75, 3.05) is 44.7 Å². The van der Waals surface area contributed by atoms with Gasteiger partial charge in [0, 0.05) is 38.0 Å². The maximum absolute atomic E-state index is 12.2. The molecule has 0 saturated carbocycles. The topological polar surface area (TPSA) is 74.8 Å². The van der Waals surface area contributed by atoms with Crippen LogP contribution in [-0.2, 0) is 20.9 Å². The van der Waals surface area contributed by atoms with Gasteiger partial charge in [0.25, 0.3) is 0 Å². The number of amides is 2. The van der Waals surface area contributed by atoms with Gasteiger partial charge < -0.3 is 15.0 Å². The van der Waals surface area contributed by atoms with E-state index in [1.54, 1.807) is 4.90 Å². The highest BCUT2D eigenvalue weighted by atomic mass is 32.1. The molecule has 2 fully saturated rings. The van der Waals surface area contributed by atoms with Gasteiger partial charge in [-0.05, 0) is 12.8 Å². The molecule has 0 atom stereocenters. The van der Waals surface area contributed by atoms with Gasteiger partial charge in [0.2, 0.25) is 11.8 Å². The van der Waals surface area contributed by atoms with Crippen LogP contribution in [0.1, 0.15) is 31.4 Å². The first-order chi connectivity index (χ1) is 11.7. The molecule has 1 aromatic heterocycles. The van der Waals surface area contributed by atoms with Crippen LogP contribution in [0.3, 0.4) is 0 Å². The number of likely N-dealkylation sites (tertiary alicyclic amines) is 1. The summed E-state index contributed by atoms with van der Waals surface area (Å²) in [5, 5.41) is 5.40. The molecule has 0 radical (unpaired) electrons. The summed E-state index contributed by atoms with van der Waals surface area (Å²) in [4.78, 5) is 32.5. The SMILES string of the molecule is O=C(CN1CCCCCC1=O)Nc1nc(CN2CCOCC2)cs1. The van der Waals surface area contributed by atoms with E-state index < -0.39 is 0 Å². The van der Waals surface area contributed by atoms with Crippen molar-refractivity contribution < 1.29 is 14.3 Å². The number of rotatable bonds is 5. The molecule has 1 aromatic rings. The second kappa shape index (κ2) is 8.55. The van der Waals surface area contributed by atoms with Crippen LogP contribution in [0.5, 0.6) is 0 Å². The molecule has 2 amide bonds. The summed E-state index contributed by atoms with van der Waals surface area (Å²) in [5.74, 6) is -0.0904. The second-order valence-electron chi connectivity index (χ2n) is 6.21. The first kappa shape index (κ1) is 17.3. The maximum Gasteiger partial charge on any atom is 0.245 e. The minimum absolute atomic E-state index is 0.0785. The summed E-state index contributed by atoms with van der Waals surface area (Å²) >= 11 is 1.43. The highest BCUT2D eigenvalue weighted by Gasteiger charge is 2.20. The van der Waals surface area contributed by atoms with E-state index in [9.17, 15) is 9.59 Å². The average molecular weight is 352 g/mol. The lowest BCUT2D eigenvalue weighted by Gasteiger charge is -2.25. The smallest absolute Gasteiger partial charge is 0.245 e. The number of aromatic nitrogens is 1. The Morgan fingerprint density at radius 1 is 1.25 bits per heavy atom. The van der Waals surface area contributed by atoms with Crippen molar-refractivity contribution in [2.45, 2.75) is 32.2 Å². The standard InChI is InChI=1S/C16H24N4O3S/c21-14(11-20-5-3-1-2-4-15(20)22)18-16-17-13(12-24-16)10-19-6-8-23-9-7-19/h12H,1-11H2,(H,17,18,21). The highest BCUT2D eigenvalue weighted by molar-refractivity contribution is 7.13. The van der Waals surface area contributed by atoms with E-state index in [1.165, 1.54) is 11.3 Å². The second-order valence-corrected chi connectivity index (χ2v) is 7.06. The van der Waals surface area contributed by atoms with Crippen molar-refractivity contribution >= 4 is 28.3 Å². The quantitative estimate of drug-likeness (QED) is 0.865. The van der Waals surface area contributed by atoms with E-state index in [0.717, 1.165) is 57.8 Å². The van der Waals surface area contributed by atoms with Crippen LogP contribution in [0.2, 0.25) is 0 Å². The number of nitrogens with one attached hydrogen (secondary N) is 1. The molecule has 3 heterocycles. The zero-order valence-electron chi connectivity index (χ0n) is 13.8. The number of nitrogens with zero attached hydrogens (tertiary/aromatic N) is 3. The number of ether oxygens (including phenoxy) is 1. The molecule has 3 rings (SSSR count). The lowest BCUT2D eigenvalue weighted by atomic mass is 10.2. The Kier molecular flexibility index (Phi) is 6.17. The van der Waals surface area contributed by atoms with Gasteiger partial charge in [0.1, 0.15) is 0 Å². The molecule has 8 heteroatoms. The largest absolute Gasteiger partial charge is 0.379 e. The van der Waals surface area contributed by atoms with E-state index in [4.69, 9.17) is 4.74 Å². The fourth-order valence-corrected chi connectivity index (χ4v) is 3.68. The van der Waals surface area contributed by atoms with Crippen LogP contribution in [0.4, 0.5) is 5.13 Å². The van der Waals surface area contributed by atoms with Gasteiger partial charge in [-0.3, -0.25) is 14.5 Å². The number of hydrogen-bond acceptors (Lipinski definition) is 6. The van der Waals surface area contributed by atoms with E-state index in [-0.39, 0.29) is 18.4 Å². The number of morpholine rings is 1. The molecule has 24 heavy (non-hydrogen) atoms. The molecule has 132 valence electrons. The molecule has 2 saturated heterocycles. The summed E-state index contributed by atoms with van der Waals surface area (Å²) in [6, 6.07) is 0. The predicted molar refractivity (Wildman–Crippen MR) is 91.9 cm³/mol. The Morgan fingerprint density at radius 3 is 2.92 bits per heavy atom. The van der Waals surface area contributed by atoms with Gasteiger partial charge in [-0.2, -0.15) is 0 Å². The molecule has 2 aliphatic heterocycles. The third-order valence-corrected chi connectivity index (χ3v) is 5.10. The lowest BCUT2D eigenvalue weighted by molar-refractivity contribution is -0.134. The van der Waals surface area contributed by atoms with Crippen LogP contribution in [0, 0.1) is 0 Å². The Morgan fingerprint density at radius 2 is 2.08 bits per heavy atom. The van der Waals surface area contributed by atoms with Crippen LogP contribution in [0.25, 0.3) is 0 Å². The first-order valence-electron chi connectivity index (χ1n) is 8.53.